The maximum Gasteiger partial charge on any atom is 0.182 e. The van der Waals surface area contributed by atoms with Crippen molar-refractivity contribution in [3.8, 4) is 0 Å². The summed E-state index contributed by atoms with van der Waals surface area (Å²) in [5.41, 5.74) is 3.14. The summed E-state index contributed by atoms with van der Waals surface area (Å²) in [6, 6.07) is 0. The third-order valence-corrected chi connectivity index (χ3v) is 17.9. The summed E-state index contributed by atoms with van der Waals surface area (Å²) >= 11 is 0. The average Bonchev–Trinajstić information content (AvgIpc) is 2.14. The molecule has 1 rings (SSSR count). The monoisotopic (exact) mass is 258 g/mol. The minimum Gasteiger partial charge on any atom is -0.454 e. The molecule has 1 nitrogen and oxygen atoms in total. The Labute approximate surface area is 104 Å². The molecule has 0 bridgehead atoms. The van der Waals surface area contributed by atoms with E-state index >= 15 is 0 Å². The lowest BCUT2D eigenvalue weighted by Gasteiger charge is -2.53. The lowest BCUT2D eigenvalue weighted by Crippen LogP contribution is -2.59. The van der Waals surface area contributed by atoms with Gasteiger partial charge >= 0.3 is 0 Å². The molecule has 0 saturated carbocycles. The molecule has 1 aliphatic rings. The molecule has 0 aliphatic carbocycles. The standard InChI is InChI=1S/C13H30OSi2/c1-10(2)15(7)12(5)9-13(6)16(8,14-15)11(3)4/h10-13H,9H2,1-8H3. The Kier molecular flexibility index (Phi) is 4.14. The molecule has 0 aromatic heterocycles. The maximum absolute atomic E-state index is 6.89. The molecule has 1 saturated heterocycles. The van der Waals surface area contributed by atoms with Gasteiger partial charge in [0.05, 0.1) is 0 Å². The van der Waals surface area contributed by atoms with Gasteiger partial charge in [-0.1, -0.05) is 41.5 Å². The van der Waals surface area contributed by atoms with E-state index in [1.807, 2.05) is 0 Å². The molecule has 4 atom stereocenters. The molecule has 0 N–H and O–H groups in total. The third-order valence-electron chi connectivity index (χ3n) is 5.40. The fourth-order valence-electron chi connectivity index (χ4n) is 3.05. The van der Waals surface area contributed by atoms with E-state index in [4.69, 9.17) is 4.12 Å². The summed E-state index contributed by atoms with van der Waals surface area (Å²) in [7, 11) is -2.99. The van der Waals surface area contributed by atoms with Gasteiger partial charge in [0.25, 0.3) is 0 Å². The fourth-order valence-corrected chi connectivity index (χ4v) is 14.5. The van der Waals surface area contributed by atoms with Crippen molar-refractivity contribution in [1.82, 2.24) is 0 Å². The Morgan fingerprint density at radius 1 is 0.875 bits per heavy atom. The molecule has 0 aromatic carbocycles. The molecule has 0 aromatic rings. The summed E-state index contributed by atoms with van der Waals surface area (Å²) in [5, 5.41) is 0. The van der Waals surface area contributed by atoms with Crippen LogP contribution in [0.2, 0.25) is 35.3 Å². The smallest absolute Gasteiger partial charge is 0.182 e. The van der Waals surface area contributed by atoms with Crippen LogP contribution >= 0.6 is 0 Å². The molecule has 0 amide bonds. The fraction of sp³-hybridized carbons (Fsp3) is 1.00. The molecule has 4 unspecified atom stereocenters. The number of rotatable bonds is 2. The van der Waals surface area contributed by atoms with E-state index in [-0.39, 0.29) is 0 Å². The molecule has 1 aliphatic heterocycles. The summed E-state index contributed by atoms with van der Waals surface area (Å²) < 4.78 is 6.89. The van der Waals surface area contributed by atoms with Crippen LogP contribution in [0.5, 0.6) is 0 Å². The molecule has 0 radical (unpaired) electrons. The highest BCUT2D eigenvalue weighted by atomic mass is 28.4. The van der Waals surface area contributed by atoms with Gasteiger partial charge in [-0.3, -0.25) is 0 Å². The highest BCUT2D eigenvalue weighted by Crippen LogP contribution is 2.52. The first-order valence-electron chi connectivity index (χ1n) is 6.84. The van der Waals surface area contributed by atoms with Gasteiger partial charge < -0.3 is 4.12 Å². The van der Waals surface area contributed by atoms with E-state index in [9.17, 15) is 0 Å². The second-order valence-electron chi connectivity index (χ2n) is 6.82. The quantitative estimate of drug-likeness (QED) is 0.622. The Morgan fingerprint density at radius 3 is 1.44 bits per heavy atom. The summed E-state index contributed by atoms with van der Waals surface area (Å²) in [4.78, 5) is 0. The second kappa shape index (κ2) is 4.58. The van der Waals surface area contributed by atoms with Gasteiger partial charge in [0, 0.05) is 0 Å². The summed E-state index contributed by atoms with van der Waals surface area (Å²) in [6.07, 6.45) is 1.40. The van der Waals surface area contributed by atoms with Crippen molar-refractivity contribution in [3.63, 3.8) is 0 Å². The van der Waals surface area contributed by atoms with Crippen LogP contribution in [0.15, 0.2) is 0 Å². The van der Waals surface area contributed by atoms with Crippen LogP contribution in [0.3, 0.4) is 0 Å². The van der Waals surface area contributed by atoms with Crippen LogP contribution < -0.4 is 0 Å². The average molecular weight is 259 g/mol. The Bertz CT molecular complexity index is 230. The van der Waals surface area contributed by atoms with E-state index in [1.54, 1.807) is 0 Å². The van der Waals surface area contributed by atoms with Gasteiger partial charge in [-0.2, -0.15) is 0 Å². The first kappa shape index (κ1) is 14.5. The van der Waals surface area contributed by atoms with Crippen LogP contribution in [0.1, 0.15) is 48.0 Å². The van der Waals surface area contributed by atoms with Crippen molar-refractivity contribution in [3.05, 3.63) is 0 Å². The van der Waals surface area contributed by atoms with E-state index in [1.165, 1.54) is 6.42 Å². The zero-order valence-electron chi connectivity index (χ0n) is 12.4. The highest BCUT2D eigenvalue weighted by molar-refractivity contribution is 6.89. The van der Waals surface area contributed by atoms with Gasteiger partial charge in [0.2, 0.25) is 0 Å². The molecule has 3 heteroatoms. The van der Waals surface area contributed by atoms with Gasteiger partial charge in [0.1, 0.15) is 0 Å². The minimum atomic E-state index is -1.50. The van der Waals surface area contributed by atoms with E-state index < -0.39 is 16.6 Å². The van der Waals surface area contributed by atoms with Gasteiger partial charge in [-0.15, -0.1) is 0 Å². The zero-order chi connectivity index (χ0) is 12.7. The zero-order valence-corrected chi connectivity index (χ0v) is 14.4. The van der Waals surface area contributed by atoms with Crippen molar-refractivity contribution in [2.24, 2.45) is 0 Å². The van der Waals surface area contributed by atoms with Crippen LogP contribution in [-0.4, -0.2) is 16.6 Å². The number of hydrogen-bond acceptors (Lipinski definition) is 1. The van der Waals surface area contributed by atoms with Gasteiger partial charge in [0.15, 0.2) is 16.6 Å². The van der Waals surface area contributed by atoms with Crippen molar-refractivity contribution in [1.29, 1.82) is 0 Å². The molecule has 1 fully saturated rings. The molecule has 96 valence electrons. The van der Waals surface area contributed by atoms with Gasteiger partial charge in [-0.05, 0) is 41.7 Å². The van der Waals surface area contributed by atoms with Crippen molar-refractivity contribution >= 4 is 16.6 Å². The summed E-state index contributed by atoms with van der Waals surface area (Å²) in [5.74, 6) is 0. The SMILES string of the molecule is CC(C)[Si]1(C)O[Si](C)(C(C)C)C(C)CC1C. The van der Waals surface area contributed by atoms with Crippen LogP contribution in [-0.2, 0) is 4.12 Å². The molecular formula is C13H30OSi2. The highest BCUT2D eigenvalue weighted by Gasteiger charge is 2.53. The molecule has 16 heavy (non-hydrogen) atoms. The van der Waals surface area contributed by atoms with E-state index in [0.29, 0.717) is 0 Å². The predicted molar refractivity (Wildman–Crippen MR) is 78.0 cm³/mol. The van der Waals surface area contributed by atoms with Crippen LogP contribution in [0, 0.1) is 0 Å². The van der Waals surface area contributed by atoms with Crippen molar-refractivity contribution in [2.75, 3.05) is 0 Å². The Morgan fingerprint density at radius 2 is 1.19 bits per heavy atom. The normalized spacial score (nSPS) is 45.4. The van der Waals surface area contributed by atoms with Crippen molar-refractivity contribution < 1.29 is 4.12 Å². The predicted octanol–water partition coefficient (Wildman–Crippen LogP) is 5.16. The lowest BCUT2D eigenvalue weighted by molar-refractivity contribution is 0.412. The van der Waals surface area contributed by atoms with E-state index in [0.717, 1.165) is 22.2 Å². The van der Waals surface area contributed by atoms with Crippen LogP contribution in [0.25, 0.3) is 0 Å². The van der Waals surface area contributed by atoms with Crippen molar-refractivity contribution in [2.45, 2.75) is 83.2 Å². The van der Waals surface area contributed by atoms with E-state index in [2.05, 4.69) is 54.6 Å². The molecule has 0 spiro atoms. The summed E-state index contributed by atoms with van der Waals surface area (Å²) in [6.45, 7) is 19.3. The van der Waals surface area contributed by atoms with Crippen LogP contribution in [0.4, 0.5) is 0 Å². The topological polar surface area (TPSA) is 9.23 Å². The van der Waals surface area contributed by atoms with Gasteiger partial charge in [-0.25, -0.2) is 0 Å². The maximum atomic E-state index is 6.89. The molecule has 1 heterocycles. The molecular weight excluding hydrogens is 228 g/mol. The Hall–Kier alpha value is 0.394. The number of hydrogen-bond donors (Lipinski definition) is 0. The first-order valence-corrected chi connectivity index (χ1v) is 12.0. The Balaban J connectivity index is 3.02. The largest absolute Gasteiger partial charge is 0.454 e. The lowest BCUT2D eigenvalue weighted by atomic mass is 10.2. The minimum absolute atomic E-state index is 0.751. The second-order valence-corrected chi connectivity index (χ2v) is 16.6. The first-order chi connectivity index (χ1) is 7.14. The third kappa shape index (κ3) is 2.18.